The van der Waals surface area contributed by atoms with E-state index in [4.69, 9.17) is 4.42 Å². The van der Waals surface area contributed by atoms with Crippen LogP contribution < -0.4 is 0 Å². The first-order valence-corrected chi connectivity index (χ1v) is 11.2. The maximum absolute atomic E-state index is 14.0. The summed E-state index contributed by atoms with van der Waals surface area (Å²) in [5.41, 5.74) is 1.16. The number of furan rings is 1. The smallest absolute Gasteiger partial charge is 0.290 e. The van der Waals surface area contributed by atoms with E-state index < -0.39 is 27.6 Å². The summed E-state index contributed by atoms with van der Waals surface area (Å²) in [4.78, 5) is 14.8. The number of amides is 1. The molecule has 5 nitrogen and oxygen atoms in total. The van der Waals surface area contributed by atoms with Gasteiger partial charge in [0.1, 0.15) is 11.6 Å². The summed E-state index contributed by atoms with van der Waals surface area (Å²) >= 11 is 0. The third-order valence-corrected chi connectivity index (χ3v) is 6.81. The molecule has 4 rings (SSSR count). The van der Waals surface area contributed by atoms with Crippen LogP contribution in [0.25, 0.3) is 11.3 Å². The van der Waals surface area contributed by atoms with Crippen molar-refractivity contribution < 1.29 is 22.0 Å². The first kappa shape index (κ1) is 19.4. The molecule has 1 aliphatic heterocycles. The largest absolute Gasteiger partial charge is 0.451 e. The van der Waals surface area contributed by atoms with Crippen molar-refractivity contribution in [1.82, 2.24) is 4.90 Å². The first-order valence-electron chi connectivity index (χ1n) is 9.33. The Morgan fingerprint density at radius 1 is 1.03 bits per heavy atom. The van der Waals surface area contributed by atoms with Gasteiger partial charge in [0.05, 0.1) is 17.1 Å². The van der Waals surface area contributed by atoms with E-state index in [0.29, 0.717) is 6.42 Å². The molecule has 2 heterocycles. The average molecular weight is 413 g/mol. The molecule has 0 radical (unpaired) electrons. The Balaban J connectivity index is 1.64. The summed E-state index contributed by atoms with van der Waals surface area (Å²) in [7, 11) is -3.17. The maximum atomic E-state index is 14.0. The lowest BCUT2D eigenvalue weighted by molar-refractivity contribution is 0.0649. The summed E-state index contributed by atoms with van der Waals surface area (Å²) in [6, 6.07) is 18.2. The zero-order chi connectivity index (χ0) is 20.4. The highest BCUT2D eigenvalue weighted by Gasteiger charge is 2.36. The minimum atomic E-state index is -3.17. The standard InChI is InChI=1S/C22H20FNO4S/c23-19-9-5-4-8-18(19)20-10-11-21(28-20)22(25)24(14-16-6-2-1-3-7-16)17-12-13-29(26,27)15-17/h1-11,17H,12-15H2. The van der Waals surface area contributed by atoms with E-state index in [2.05, 4.69) is 0 Å². The topological polar surface area (TPSA) is 67.6 Å². The average Bonchev–Trinajstić information content (AvgIpc) is 3.33. The van der Waals surface area contributed by atoms with Gasteiger partial charge in [0.15, 0.2) is 15.6 Å². The summed E-state index contributed by atoms with van der Waals surface area (Å²) < 4.78 is 43.7. The van der Waals surface area contributed by atoms with E-state index in [-0.39, 0.29) is 35.1 Å². The van der Waals surface area contributed by atoms with Gasteiger partial charge in [-0.15, -0.1) is 0 Å². The van der Waals surface area contributed by atoms with Gasteiger partial charge in [-0.05, 0) is 36.2 Å². The summed E-state index contributed by atoms with van der Waals surface area (Å²) in [6.45, 7) is 0.273. The Morgan fingerprint density at radius 3 is 2.45 bits per heavy atom. The van der Waals surface area contributed by atoms with Crippen LogP contribution in [0.4, 0.5) is 4.39 Å². The van der Waals surface area contributed by atoms with Gasteiger partial charge < -0.3 is 9.32 Å². The molecule has 0 spiro atoms. The third-order valence-electron chi connectivity index (χ3n) is 5.06. The Hall–Kier alpha value is -2.93. The predicted octanol–water partition coefficient (Wildman–Crippen LogP) is 3.92. The van der Waals surface area contributed by atoms with E-state index >= 15 is 0 Å². The second kappa shape index (κ2) is 7.83. The molecule has 0 saturated carbocycles. The molecule has 29 heavy (non-hydrogen) atoms. The van der Waals surface area contributed by atoms with Crippen molar-refractivity contribution in [1.29, 1.82) is 0 Å². The van der Waals surface area contributed by atoms with E-state index in [1.165, 1.54) is 12.1 Å². The number of carbonyl (C=O) groups is 1. The molecule has 0 N–H and O–H groups in total. The van der Waals surface area contributed by atoms with E-state index in [0.717, 1.165) is 5.56 Å². The molecule has 150 valence electrons. The fourth-order valence-electron chi connectivity index (χ4n) is 3.57. The predicted molar refractivity (Wildman–Crippen MR) is 107 cm³/mol. The lowest BCUT2D eigenvalue weighted by Crippen LogP contribution is -2.40. The van der Waals surface area contributed by atoms with Crippen LogP contribution in [0.5, 0.6) is 0 Å². The lowest BCUT2D eigenvalue weighted by atomic mass is 10.1. The second-order valence-corrected chi connectivity index (χ2v) is 9.35. The molecule has 1 amide bonds. The molecule has 1 unspecified atom stereocenters. The van der Waals surface area contributed by atoms with Crippen LogP contribution in [0.1, 0.15) is 22.5 Å². The van der Waals surface area contributed by atoms with Crippen molar-refractivity contribution in [2.75, 3.05) is 11.5 Å². The quantitative estimate of drug-likeness (QED) is 0.636. The fraction of sp³-hybridized carbons (Fsp3) is 0.227. The van der Waals surface area contributed by atoms with Gasteiger partial charge in [-0.3, -0.25) is 4.79 Å². The number of sulfone groups is 1. The van der Waals surface area contributed by atoms with E-state index in [1.807, 2.05) is 30.3 Å². The Kier molecular flexibility index (Phi) is 5.24. The molecular formula is C22H20FNO4S. The zero-order valence-corrected chi connectivity index (χ0v) is 16.4. The molecule has 1 saturated heterocycles. The highest BCUT2D eigenvalue weighted by atomic mass is 32.2. The van der Waals surface area contributed by atoms with Gasteiger partial charge >= 0.3 is 0 Å². The molecule has 0 bridgehead atoms. The fourth-order valence-corrected chi connectivity index (χ4v) is 5.30. The number of rotatable bonds is 5. The molecule has 1 fully saturated rings. The summed E-state index contributed by atoms with van der Waals surface area (Å²) in [5.74, 6) is -0.530. The van der Waals surface area contributed by atoms with Crippen LogP contribution in [0.3, 0.4) is 0 Å². The van der Waals surface area contributed by atoms with Gasteiger partial charge in [0, 0.05) is 12.6 Å². The van der Waals surface area contributed by atoms with Crippen molar-refractivity contribution in [2.24, 2.45) is 0 Å². The van der Waals surface area contributed by atoms with Crippen LogP contribution in [-0.4, -0.2) is 36.8 Å². The molecular weight excluding hydrogens is 393 g/mol. The van der Waals surface area contributed by atoms with E-state index in [1.54, 1.807) is 29.2 Å². The van der Waals surface area contributed by atoms with Crippen molar-refractivity contribution in [2.45, 2.75) is 19.0 Å². The second-order valence-electron chi connectivity index (χ2n) is 7.12. The van der Waals surface area contributed by atoms with Crippen molar-refractivity contribution in [3.05, 3.63) is 83.9 Å². The highest BCUT2D eigenvalue weighted by molar-refractivity contribution is 7.91. The highest BCUT2D eigenvalue weighted by Crippen LogP contribution is 2.27. The van der Waals surface area contributed by atoms with Gasteiger partial charge in [0.25, 0.3) is 5.91 Å². The van der Waals surface area contributed by atoms with Crippen LogP contribution in [0.15, 0.2) is 71.1 Å². The molecule has 0 aliphatic carbocycles. The SMILES string of the molecule is O=C(c1ccc(-c2ccccc2F)o1)N(Cc1ccccc1)C1CCS(=O)(=O)C1. The Labute approximate surface area is 168 Å². The number of halogens is 1. The minimum absolute atomic E-state index is 0.0588. The summed E-state index contributed by atoms with van der Waals surface area (Å²) in [5, 5.41) is 0. The molecule has 3 aromatic rings. The number of benzene rings is 2. The number of nitrogens with zero attached hydrogens (tertiary/aromatic N) is 1. The van der Waals surface area contributed by atoms with Crippen molar-refractivity contribution in [3.8, 4) is 11.3 Å². The zero-order valence-electron chi connectivity index (χ0n) is 15.6. The first-order chi connectivity index (χ1) is 13.9. The molecule has 1 aromatic heterocycles. The normalized spacial score (nSPS) is 17.9. The van der Waals surface area contributed by atoms with Crippen LogP contribution >= 0.6 is 0 Å². The summed E-state index contributed by atoms with van der Waals surface area (Å²) in [6.07, 6.45) is 0.391. The maximum Gasteiger partial charge on any atom is 0.290 e. The molecule has 7 heteroatoms. The third kappa shape index (κ3) is 4.24. The molecule has 2 aromatic carbocycles. The van der Waals surface area contributed by atoms with Crippen LogP contribution in [0, 0.1) is 5.82 Å². The van der Waals surface area contributed by atoms with Gasteiger partial charge in [0.2, 0.25) is 0 Å². The van der Waals surface area contributed by atoms with Gasteiger partial charge in [-0.2, -0.15) is 0 Å². The molecule has 1 atom stereocenters. The lowest BCUT2D eigenvalue weighted by Gasteiger charge is -2.27. The Morgan fingerprint density at radius 2 is 1.76 bits per heavy atom. The van der Waals surface area contributed by atoms with Crippen molar-refractivity contribution in [3.63, 3.8) is 0 Å². The van der Waals surface area contributed by atoms with E-state index in [9.17, 15) is 17.6 Å². The monoisotopic (exact) mass is 413 g/mol. The van der Waals surface area contributed by atoms with Gasteiger partial charge in [-0.25, -0.2) is 12.8 Å². The van der Waals surface area contributed by atoms with Crippen LogP contribution in [0.2, 0.25) is 0 Å². The Bertz CT molecular complexity index is 1120. The minimum Gasteiger partial charge on any atom is -0.451 e. The molecule has 1 aliphatic rings. The number of carbonyl (C=O) groups excluding carboxylic acids is 1. The van der Waals surface area contributed by atoms with Gasteiger partial charge in [-0.1, -0.05) is 42.5 Å². The van der Waals surface area contributed by atoms with Crippen LogP contribution in [-0.2, 0) is 16.4 Å². The number of hydrogen-bond acceptors (Lipinski definition) is 4. The van der Waals surface area contributed by atoms with Crippen molar-refractivity contribution >= 4 is 15.7 Å². The number of hydrogen-bond donors (Lipinski definition) is 0.